The van der Waals surface area contributed by atoms with Crippen LogP contribution in [0.3, 0.4) is 0 Å². The van der Waals surface area contributed by atoms with Crippen LogP contribution < -0.4 is 16.5 Å². The number of nitrogens with one attached hydrogen (secondary N) is 2. The molecule has 0 radical (unpaired) electrons. The first kappa shape index (κ1) is 26.8. The van der Waals surface area contributed by atoms with E-state index >= 15 is 0 Å². The van der Waals surface area contributed by atoms with Crippen molar-refractivity contribution in [1.82, 2.24) is 20.6 Å². The van der Waals surface area contributed by atoms with Crippen molar-refractivity contribution in [3.05, 3.63) is 70.8 Å². The topological polar surface area (TPSA) is 111 Å². The predicted molar refractivity (Wildman–Crippen MR) is 143 cm³/mol. The lowest BCUT2D eigenvalue weighted by Gasteiger charge is -2.40. The molecule has 2 saturated heterocycles. The molecule has 196 valence electrons. The van der Waals surface area contributed by atoms with E-state index in [1.807, 2.05) is 0 Å². The lowest BCUT2D eigenvalue weighted by Crippen LogP contribution is -2.50. The molecule has 4 rings (SSSR count). The summed E-state index contributed by atoms with van der Waals surface area (Å²) in [5, 5.41) is 11.2. The maximum Gasteiger partial charge on any atom is 0.267 e. The number of nitrogens with zero attached hydrogens (tertiary/aromatic N) is 2. The Labute approximate surface area is 219 Å². The van der Waals surface area contributed by atoms with Crippen LogP contribution in [0.5, 0.6) is 0 Å². The summed E-state index contributed by atoms with van der Waals surface area (Å²) in [5.74, 6) is 5.09. The predicted octanol–water partition coefficient (Wildman–Crippen LogP) is 2.10. The zero-order valence-electron chi connectivity index (χ0n) is 21.3. The summed E-state index contributed by atoms with van der Waals surface area (Å²) in [4.78, 5) is 29.1. The maximum absolute atomic E-state index is 12.3. The molecule has 0 aliphatic carbocycles. The Morgan fingerprint density at radius 3 is 2.08 bits per heavy atom. The fourth-order valence-electron chi connectivity index (χ4n) is 5.08. The van der Waals surface area contributed by atoms with Crippen LogP contribution in [0.1, 0.15) is 59.2 Å². The van der Waals surface area contributed by atoms with Crippen molar-refractivity contribution in [3.8, 4) is 11.8 Å². The van der Waals surface area contributed by atoms with Crippen LogP contribution in [0.2, 0.25) is 0 Å². The van der Waals surface area contributed by atoms with Gasteiger partial charge >= 0.3 is 0 Å². The van der Waals surface area contributed by atoms with E-state index in [1.165, 1.54) is 56.2 Å². The molecular weight excluding hydrogens is 466 g/mol. The van der Waals surface area contributed by atoms with Gasteiger partial charge in [0, 0.05) is 35.8 Å². The SMILES string of the molecule is NC[C@H](NC(=O)c1ccc(C#Cc2ccc(CN3CCC(N4CCCCC4)CC3)cc2)cc1)C(=O)NO. The van der Waals surface area contributed by atoms with Crippen LogP contribution in [-0.2, 0) is 11.3 Å². The average molecular weight is 504 g/mol. The van der Waals surface area contributed by atoms with Gasteiger partial charge in [0.15, 0.2) is 0 Å². The van der Waals surface area contributed by atoms with Crippen molar-refractivity contribution < 1.29 is 14.8 Å². The van der Waals surface area contributed by atoms with Gasteiger partial charge in [-0.05, 0) is 93.8 Å². The molecule has 0 unspecified atom stereocenters. The van der Waals surface area contributed by atoms with Crippen molar-refractivity contribution in [2.45, 2.75) is 50.7 Å². The molecule has 0 aromatic heterocycles. The van der Waals surface area contributed by atoms with Crippen LogP contribution in [0.15, 0.2) is 48.5 Å². The molecule has 2 amide bonds. The highest BCUT2D eigenvalue weighted by Crippen LogP contribution is 2.22. The minimum atomic E-state index is -1.01. The quantitative estimate of drug-likeness (QED) is 0.262. The highest BCUT2D eigenvalue weighted by atomic mass is 16.5. The summed E-state index contributed by atoms with van der Waals surface area (Å²) >= 11 is 0. The van der Waals surface area contributed by atoms with E-state index < -0.39 is 17.9 Å². The van der Waals surface area contributed by atoms with E-state index in [-0.39, 0.29) is 6.54 Å². The van der Waals surface area contributed by atoms with Crippen LogP contribution in [0, 0.1) is 11.8 Å². The normalized spacial score (nSPS) is 17.9. The average Bonchev–Trinajstić information content (AvgIpc) is 2.96. The number of hydrogen-bond acceptors (Lipinski definition) is 6. The van der Waals surface area contributed by atoms with E-state index in [9.17, 15) is 9.59 Å². The van der Waals surface area contributed by atoms with Crippen LogP contribution in [-0.4, -0.2) is 71.6 Å². The van der Waals surface area contributed by atoms with E-state index in [0.717, 1.165) is 36.8 Å². The van der Waals surface area contributed by atoms with Crippen LogP contribution in [0.4, 0.5) is 0 Å². The zero-order chi connectivity index (χ0) is 26.0. The smallest absolute Gasteiger partial charge is 0.267 e. The monoisotopic (exact) mass is 503 g/mol. The van der Waals surface area contributed by atoms with E-state index in [4.69, 9.17) is 10.9 Å². The number of hydrogen-bond donors (Lipinski definition) is 4. The van der Waals surface area contributed by atoms with Crippen molar-refractivity contribution in [2.24, 2.45) is 5.73 Å². The second kappa shape index (κ2) is 13.4. The molecule has 8 heteroatoms. The molecule has 2 aromatic carbocycles. The maximum atomic E-state index is 12.3. The number of rotatable bonds is 7. The van der Waals surface area contributed by atoms with Crippen LogP contribution in [0.25, 0.3) is 0 Å². The van der Waals surface area contributed by atoms with Crippen molar-refractivity contribution in [2.75, 3.05) is 32.7 Å². The standard InChI is InChI=1S/C29H37N5O3/c30-20-27(29(36)32-37)31-28(35)25-12-10-23(11-13-25)5-4-22-6-8-24(9-7-22)21-33-18-14-26(15-19-33)34-16-2-1-3-17-34/h6-13,26-27,37H,1-3,14-21,30H2,(H,31,35)(H,32,36)/t27-/m0/s1. The van der Waals surface area contributed by atoms with Crippen molar-refractivity contribution in [1.29, 1.82) is 0 Å². The molecule has 0 saturated carbocycles. The molecular formula is C29H37N5O3. The number of benzene rings is 2. The first-order valence-electron chi connectivity index (χ1n) is 13.2. The number of amides is 2. The Morgan fingerprint density at radius 2 is 1.51 bits per heavy atom. The van der Waals surface area contributed by atoms with E-state index in [2.05, 4.69) is 51.2 Å². The number of nitrogens with two attached hydrogens (primary N) is 1. The van der Waals surface area contributed by atoms with Gasteiger partial charge in [-0.2, -0.15) is 0 Å². The first-order chi connectivity index (χ1) is 18.1. The van der Waals surface area contributed by atoms with Gasteiger partial charge in [0.05, 0.1) is 0 Å². The summed E-state index contributed by atoms with van der Waals surface area (Å²) in [5.41, 5.74) is 10.4. The van der Waals surface area contributed by atoms with Crippen molar-refractivity contribution in [3.63, 3.8) is 0 Å². The zero-order valence-corrected chi connectivity index (χ0v) is 21.3. The highest BCUT2D eigenvalue weighted by molar-refractivity contribution is 5.97. The minimum absolute atomic E-state index is 0.127. The molecule has 1 atom stereocenters. The molecule has 2 aliphatic rings. The Hall–Kier alpha value is -3.22. The molecule has 2 heterocycles. The molecule has 2 aliphatic heterocycles. The third kappa shape index (κ3) is 7.63. The molecule has 0 bridgehead atoms. The van der Waals surface area contributed by atoms with Gasteiger partial charge in [0.2, 0.25) is 0 Å². The third-order valence-electron chi connectivity index (χ3n) is 7.29. The summed E-state index contributed by atoms with van der Waals surface area (Å²) in [7, 11) is 0. The Balaban J connectivity index is 1.26. The molecule has 0 spiro atoms. The lowest BCUT2D eigenvalue weighted by atomic mass is 9.99. The Morgan fingerprint density at radius 1 is 0.919 bits per heavy atom. The fraction of sp³-hybridized carbons (Fsp3) is 0.448. The van der Waals surface area contributed by atoms with Gasteiger partial charge in [-0.15, -0.1) is 0 Å². The van der Waals surface area contributed by atoms with Gasteiger partial charge in [0.1, 0.15) is 6.04 Å². The Bertz CT molecular complexity index is 1090. The van der Waals surface area contributed by atoms with Gasteiger partial charge in [-0.25, -0.2) is 5.48 Å². The van der Waals surface area contributed by atoms with Crippen molar-refractivity contribution >= 4 is 11.8 Å². The molecule has 5 N–H and O–H groups in total. The number of carbonyl (C=O) groups excluding carboxylic acids is 2. The summed E-state index contributed by atoms with van der Waals surface area (Å²) in [6, 6.07) is 15.0. The summed E-state index contributed by atoms with van der Waals surface area (Å²) < 4.78 is 0. The largest absolute Gasteiger partial charge is 0.339 e. The second-order valence-corrected chi connectivity index (χ2v) is 9.87. The Kier molecular flexibility index (Phi) is 9.69. The second-order valence-electron chi connectivity index (χ2n) is 9.87. The molecule has 37 heavy (non-hydrogen) atoms. The minimum Gasteiger partial charge on any atom is -0.339 e. The van der Waals surface area contributed by atoms with Gasteiger partial charge in [-0.3, -0.25) is 19.7 Å². The fourth-order valence-corrected chi connectivity index (χ4v) is 5.08. The lowest BCUT2D eigenvalue weighted by molar-refractivity contribution is -0.130. The highest BCUT2D eigenvalue weighted by Gasteiger charge is 2.25. The molecule has 8 nitrogen and oxygen atoms in total. The number of piperidine rings is 2. The number of hydroxylamine groups is 1. The molecule has 2 aromatic rings. The van der Waals surface area contributed by atoms with E-state index in [0.29, 0.717) is 5.56 Å². The van der Waals surface area contributed by atoms with Gasteiger partial charge in [-0.1, -0.05) is 30.4 Å². The van der Waals surface area contributed by atoms with E-state index in [1.54, 1.807) is 24.3 Å². The number of carbonyl (C=O) groups is 2. The van der Waals surface area contributed by atoms with Gasteiger partial charge in [0.25, 0.3) is 11.8 Å². The summed E-state index contributed by atoms with van der Waals surface area (Å²) in [6.45, 7) is 5.75. The molecule has 2 fully saturated rings. The third-order valence-corrected chi connectivity index (χ3v) is 7.29. The van der Waals surface area contributed by atoms with Crippen LogP contribution >= 0.6 is 0 Å². The first-order valence-corrected chi connectivity index (χ1v) is 13.2. The number of likely N-dealkylation sites (tertiary alicyclic amines) is 2. The summed E-state index contributed by atoms with van der Waals surface area (Å²) in [6.07, 6.45) is 6.67. The van der Waals surface area contributed by atoms with Gasteiger partial charge < -0.3 is 16.0 Å².